The standard InChI is InChI=1S/C26H24O4/c1-4-23(22-17-11-12-18-24(22)28-3)29-19(2)25(20-13-7-5-8-14-20)30-26(27)21-15-9-6-10-16-21/h1,5-19,23,25H,2-3H3/t19?,23-,25-/m1/s1. The van der Waals surface area contributed by atoms with Crippen LogP contribution < -0.4 is 4.74 Å². The molecule has 3 rings (SSSR count). The summed E-state index contributed by atoms with van der Waals surface area (Å²) in [6.07, 6.45) is 3.97. The van der Waals surface area contributed by atoms with Crippen LogP contribution in [-0.4, -0.2) is 19.2 Å². The van der Waals surface area contributed by atoms with Gasteiger partial charge in [-0.05, 0) is 30.7 Å². The quantitative estimate of drug-likeness (QED) is 0.377. The second kappa shape index (κ2) is 10.3. The zero-order valence-corrected chi connectivity index (χ0v) is 17.0. The van der Waals surface area contributed by atoms with Gasteiger partial charge >= 0.3 is 5.97 Å². The van der Waals surface area contributed by atoms with Crippen molar-refractivity contribution in [3.63, 3.8) is 0 Å². The third-order valence-corrected chi connectivity index (χ3v) is 4.72. The van der Waals surface area contributed by atoms with Gasteiger partial charge in [-0.25, -0.2) is 4.79 Å². The average Bonchev–Trinajstić information content (AvgIpc) is 2.81. The van der Waals surface area contributed by atoms with Crippen molar-refractivity contribution in [2.75, 3.05) is 7.11 Å². The Morgan fingerprint density at radius 2 is 1.50 bits per heavy atom. The molecule has 4 nitrogen and oxygen atoms in total. The van der Waals surface area contributed by atoms with Gasteiger partial charge in [-0.3, -0.25) is 0 Å². The lowest BCUT2D eigenvalue weighted by Gasteiger charge is -2.27. The van der Waals surface area contributed by atoms with Crippen molar-refractivity contribution < 1.29 is 19.0 Å². The number of terminal acetylenes is 1. The van der Waals surface area contributed by atoms with Gasteiger partial charge in [0.2, 0.25) is 0 Å². The van der Waals surface area contributed by atoms with Crippen molar-refractivity contribution in [3.8, 4) is 18.1 Å². The van der Waals surface area contributed by atoms with Crippen LogP contribution in [-0.2, 0) is 9.47 Å². The molecule has 0 bridgehead atoms. The summed E-state index contributed by atoms with van der Waals surface area (Å²) >= 11 is 0. The SMILES string of the molecule is C#C[C@@H](OC(C)[C@@H](OC(=O)c1ccccc1)c1ccccc1)c1ccccc1OC. The first-order valence-electron chi connectivity index (χ1n) is 9.69. The number of hydrogen-bond acceptors (Lipinski definition) is 4. The molecule has 152 valence electrons. The minimum atomic E-state index is -0.655. The molecular formula is C26H24O4. The number of hydrogen-bond donors (Lipinski definition) is 0. The molecule has 0 amide bonds. The first-order chi connectivity index (χ1) is 14.6. The third kappa shape index (κ3) is 5.08. The van der Waals surface area contributed by atoms with E-state index < -0.39 is 24.3 Å². The van der Waals surface area contributed by atoms with Gasteiger partial charge in [0.25, 0.3) is 0 Å². The first-order valence-corrected chi connectivity index (χ1v) is 9.69. The molecule has 3 aromatic carbocycles. The molecule has 0 aromatic heterocycles. The van der Waals surface area contributed by atoms with Crippen molar-refractivity contribution in [1.82, 2.24) is 0 Å². The highest BCUT2D eigenvalue weighted by molar-refractivity contribution is 5.89. The number of ether oxygens (including phenoxy) is 3. The number of benzene rings is 3. The van der Waals surface area contributed by atoms with E-state index in [1.165, 1.54) is 0 Å². The summed E-state index contributed by atoms with van der Waals surface area (Å²) in [6, 6.07) is 25.8. The lowest BCUT2D eigenvalue weighted by molar-refractivity contribution is -0.0639. The maximum Gasteiger partial charge on any atom is 0.338 e. The molecule has 0 saturated heterocycles. The van der Waals surface area contributed by atoms with Crippen molar-refractivity contribution in [2.24, 2.45) is 0 Å². The van der Waals surface area contributed by atoms with E-state index in [-0.39, 0.29) is 0 Å². The summed E-state index contributed by atoms with van der Waals surface area (Å²) in [4.78, 5) is 12.7. The van der Waals surface area contributed by atoms with Gasteiger partial charge < -0.3 is 14.2 Å². The average molecular weight is 400 g/mol. The molecule has 0 aliphatic heterocycles. The minimum absolute atomic E-state index is 0.422. The smallest absolute Gasteiger partial charge is 0.338 e. The van der Waals surface area contributed by atoms with E-state index in [4.69, 9.17) is 20.6 Å². The summed E-state index contributed by atoms with van der Waals surface area (Å²) < 4.78 is 17.5. The van der Waals surface area contributed by atoms with Crippen LogP contribution in [0.5, 0.6) is 5.75 Å². The molecule has 3 atom stereocenters. The second-order valence-corrected chi connectivity index (χ2v) is 6.73. The number of carbonyl (C=O) groups is 1. The molecule has 0 spiro atoms. The Bertz CT molecular complexity index is 992. The number of para-hydroxylation sites is 1. The molecule has 4 heteroatoms. The van der Waals surface area contributed by atoms with Crippen LogP contribution in [0.25, 0.3) is 0 Å². The van der Waals surface area contributed by atoms with Crippen LogP contribution in [0.15, 0.2) is 84.9 Å². The highest BCUT2D eigenvalue weighted by Gasteiger charge is 2.28. The van der Waals surface area contributed by atoms with E-state index in [0.717, 1.165) is 11.1 Å². The Labute approximate surface area is 177 Å². The van der Waals surface area contributed by atoms with E-state index in [1.807, 2.05) is 67.6 Å². The summed E-state index contributed by atoms with van der Waals surface area (Å²) in [6.45, 7) is 1.84. The van der Waals surface area contributed by atoms with Gasteiger partial charge in [-0.15, -0.1) is 6.42 Å². The highest BCUT2D eigenvalue weighted by Crippen LogP contribution is 2.32. The molecule has 0 radical (unpaired) electrons. The van der Waals surface area contributed by atoms with E-state index in [9.17, 15) is 4.79 Å². The fraction of sp³-hybridized carbons (Fsp3) is 0.192. The Kier molecular flexibility index (Phi) is 7.26. The summed E-state index contributed by atoms with van der Waals surface area (Å²) in [7, 11) is 1.59. The topological polar surface area (TPSA) is 44.8 Å². The van der Waals surface area contributed by atoms with Crippen molar-refractivity contribution >= 4 is 5.97 Å². The molecule has 0 heterocycles. The van der Waals surface area contributed by atoms with Gasteiger partial charge in [-0.1, -0.05) is 72.7 Å². The number of rotatable bonds is 8. The van der Waals surface area contributed by atoms with Crippen LogP contribution in [0.4, 0.5) is 0 Å². The molecule has 3 aromatic rings. The molecule has 30 heavy (non-hydrogen) atoms. The maximum atomic E-state index is 12.7. The van der Waals surface area contributed by atoms with Gasteiger partial charge in [-0.2, -0.15) is 0 Å². The molecule has 0 aliphatic carbocycles. The summed E-state index contributed by atoms with van der Waals surface area (Å²) in [5, 5.41) is 0. The zero-order chi connectivity index (χ0) is 21.3. The van der Waals surface area contributed by atoms with Crippen LogP contribution in [0.1, 0.15) is 40.6 Å². The molecule has 0 aliphatic rings. The number of methoxy groups -OCH3 is 1. The molecule has 1 unspecified atom stereocenters. The fourth-order valence-electron chi connectivity index (χ4n) is 3.21. The summed E-state index contributed by atoms with van der Waals surface area (Å²) in [5.41, 5.74) is 2.05. The first kappa shape index (κ1) is 21.2. The molecule has 0 fully saturated rings. The van der Waals surface area contributed by atoms with E-state index in [0.29, 0.717) is 11.3 Å². The van der Waals surface area contributed by atoms with E-state index >= 15 is 0 Å². The maximum absolute atomic E-state index is 12.7. The van der Waals surface area contributed by atoms with Gasteiger partial charge in [0.15, 0.2) is 6.10 Å². The van der Waals surface area contributed by atoms with Crippen molar-refractivity contribution in [1.29, 1.82) is 0 Å². The molecule has 0 N–H and O–H groups in total. The second-order valence-electron chi connectivity index (χ2n) is 6.73. The Balaban J connectivity index is 1.85. The van der Waals surface area contributed by atoms with Crippen molar-refractivity contribution in [3.05, 3.63) is 102 Å². The Hall–Kier alpha value is -3.55. The zero-order valence-electron chi connectivity index (χ0n) is 17.0. The van der Waals surface area contributed by atoms with Crippen LogP contribution in [0, 0.1) is 12.3 Å². The minimum Gasteiger partial charge on any atom is -0.496 e. The normalized spacial score (nSPS) is 13.5. The molecular weight excluding hydrogens is 376 g/mol. The number of esters is 1. The predicted octanol–water partition coefficient (Wildman–Crippen LogP) is 5.37. The Morgan fingerprint density at radius 3 is 2.13 bits per heavy atom. The van der Waals surface area contributed by atoms with Gasteiger partial charge in [0.05, 0.1) is 18.8 Å². The number of carbonyl (C=O) groups excluding carboxylic acids is 1. The van der Waals surface area contributed by atoms with Crippen LogP contribution in [0.2, 0.25) is 0 Å². The van der Waals surface area contributed by atoms with Gasteiger partial charge in [0, 0.05) is 5.56 Å². The van der Waals surface area contributed by atoms with Gasteiger partial charge in [0.1, 0.15) is 11.9 Å². The monoisotopic (exact) mass is 400 g/mol. The third-order valence-electron chi connectivity index (χ3n) is 4.72. The Morgan fingerprint density at radius 1 is 0.900 bits per heavy atom. The predicted molar refractivity (Wildman–Crippen MR) is 116 cm³/mol. The lowest BCUT2D eigenvalue weighted by Crippen LogP contribution is -2.26. The van der Waals surface area contributed by atoms with E-state index in [2.05, 4.69) is 5.92 Å². The fourth-order valence-corrected chi connectivity index (χ4v) is 3.21. The van der Waals surface area contributed by atoms with Crippen LogP contribution >= 0.6 is 0 Å². The highest BCUT2D eigenvalue weighted by atomic mass is 16.6. The van der Waals surface area contributed by atoms with Crippen LogP contribution in [0.3, 0.4) is 0 Å². The largest absolute Gasteiger partial charge is 0.496 e. The summed E-state index contributed by atoms with van der Waals surface area (Å²) in [5.74, 6) is 2.89. The lowest BCUT2D eigenvalue weighted by atomic mass is 10.0. The molecule has 0 saturated carbocycles. The van der Waals surface area contributed by atoms with Crippen molar-refractivity contribution in [2.45, 2.75) is 25.2 Å². The van der Waals surface area contributed by atoms with E-state index in [1.54, 1.807) is 31.4 Å².